The molecule has 0 radical (unpaired) electrons. The van der Waals surface area contributed by atoms with Gasteiger partial charge in [0.15, 0.2) is 0 Å². The van der Waals surface area contributed by atoms with E-state index in [-0.39, 0.29) is 6.04 Å². The highest BCUT2D eigenvalue weighted by atomic mass is 35.5. The first kappa shape index (κ1) is 8.53. The zero-order valence-corrected chi connectivity index (χ0v) is 7.97. The molecule has 68 valence electrons. The van der Waals surface area contributed by atoms with Crippen LogP contribution >= 0.6 is 11.6 Å². The van der Waals surface area contributed by atoms with Crippen molar-refractivity contribution >= 4 is 22.5 Å². The molecule has 0 aliphatic rings. The van der Waals surface area contributed by atoms with E-state index in [0.29, 0.717) is 5.15 Å². The summed E-state index contributed by atoms with van der Waals surface area (Å²) in [6.07, 6.45) is 0. The monoisotopic (exact) mass is 195 g/mol. The van der Waals surface area contributed by atoms with E-state index in [9.17, 15) is 0 Å². The molecule has 3 nitrogen and oxygen atoms in total. The van der Waals surface area contributed by atoms with Gasteiger partial charge in [-0.05, 0) is 24.6 Å². The van der Waals surface area contributed by atoms with Crippen LogP contribution in [0.4, 0.5) is 0 Å². The maximum absolute atomic E-state index is 5.86. The van der Waals surface area contributed by atoms with E-state index in [2.05, 4.69) is 10.2 Å². The predicted molar refractivity (Wildman–Crippen MR) is 53.7 cm³/mol. The number of aromatic amines is 1. The molecule has 0 saturated carbocycles. The number of fused-ring (bicyclic) bond motifs is 1. The standard InChI is InChI=1S/C9H10ClN3/c1-5(11)6-2-3-7-8(4-6)12-13-9(7)10/h2-5H,11H2,1H3,(H,12,13). The Kier molecular flexibility index (Phi) is 1.98. The van der Waals surface area contributed by atoms with Crippen molar-refractivity contribution < 1.29 is 0 Å². The number of aromatic nitrogens is 2. The summed E-state index contributed by atoms with van der Waals surface area (Å²) < 4.78 is 0. The lowest BCUT2D eigenvalue weighted by Gasteiger charge is -2.03. The maximum Gasteiger partial charge on any atom is 0.132 e. The van der Waals surface area contributed by atoms with Gasteiger partial charge < -0.3 is 5.73 Å². The van der Waals surface area contributed by atoms with E-state index >= 15 is 0 Å². The fourth-order valence-corrected chi connectivity index (χ4v) is 1.48. The van der Waals surface area contributed by atoms with E-state index < -0.39 is 0 Å². The Bertz CT molecular complexity index is 433. The molecule has 2 aromatic rings. The van der Waals surface area contributed by atoms with E-state index in [1.165, 1.54) is 0 Å². The first-order valence-corrected chi connectivity index (χ1v) is 4.45. The highest BCUT2D eigenvalue weighted by Gasteiger charge is 2.05. The minimum atomic E-state index is 0.0277. The molecule has 3 N–H and O–H groups in total. The first-order chi connectivity index (χ1) is 6.18. The van der Waals surface area contributed by atoms with Gasteiger partial charge in [-0.1, -0.05) is 17.7 Å². The number of hydrogen-bond donors (Lipinski definition) is 2. The second kappa shape index (κ2) is 3.01. The largest absolute Gasteiger partial charge is 0.324 e. The van der Waals surface area contributed by atoms with Gasteiger partial charge in [0.1, 0.15) is 5.15 Å². The summed E-state index contributed by atoms with van der Waals surface area (Å²) in [6.45, 7) is 1.94. The molecule has 13 heavy (non-hydrogen) atoms. The van der Waals surface area contributed by atoms with Crippen LogP contribution in [0.15, 0.2) is 18.2 Å². The van der Waals surface area contributed by atoms with Crippen LogP contribution < -0.4 is 5.73 Å². The first-order valence-electron chi connectivity index (χ1n) is 4.07. The number of nitrogens with one attached hydrogen (secondary N) is 1. The second-order valence-electron chi connectivity index (χ2n) is 3.10. The Labute approximate surface area is 80.9 Å². The van der Waals surface area contributed by atoms with Gasteiger partial charge in [-0.3, -0.25) is 5.10 Å². The number of rotatable bonds is 1. The fraction of sp³-hybridized carbons (Fsp3) is 0.222. The van der Waals surface area contributed by atoms with Crippen LogP contribution in [-0.2, 0) is 0 Å². The average molecular weight is 196 g/mol. The molecule has 0 aliphatic heterocycles. The van der Waals surface area contributed by atoms with Crippen LogP contribution in [0.1, 0.15) is 18.5 Å². The molecule has 2 rings (SSSR count). The molecule has 0 fully saturated rings. The third kappa shape index (κ3) is 1.41. The van der Waals surface area contributed by atoms with Gasteiger partial charge in [0, 0.05) is 11.4 Å². The lowest BCUT2D eigenvalue weighted by Crippen LogP contribution is -2.04. The van der Waals surface area contributed by atoms with Crippen LogP contribution in [-0.4, -0.2) is 10.2 Å². The Morgan fingerprint density at radius 3 is 3.00 bits per heavy atom. The van der Waals surface area contributed by atoms with Crippen molar-refractivity contribution in [2.75, 3.05) is 0 Å². The molecule has 1 heterocycles. The van der Waals surface area contributed by atoms with E-state index in [1.807, 2.05) is 25.1 Å². The fourth-order valence-electron chi connectivity index (χ4n) is 1.28. The predicted octanol–water partition coefficient (Wildman–Crippen LogP) is 2.24. The lowest BCUT2D eigenvalue weighted by atomic mass is 10.1. The van der Waals surface area contributed by atoms with E-state index in [1.54, 1.807) is 0 Å². The topological polar surface area (TPSA) is 54.7 Å². The molecule has 1 unspecified atom stereocenters. The highest BCUT2D eigenvalue weighted by molar-refractivity contribution is 6.34. The van der Waals surface area contributed by atoms with Crippen molar-refractivity contribution in [1.29, 1.82) is 0 Å². The number of hydrogen-bond acceptors (Lipinski definition) is 2. The summed E-state index contributed by atoms with van der Waals surface area (Å²) in [6, 6.07) is 5.87. The van der Waals surface area contributed by atoms with Gasteiger partial charge in [-0.25, -0.2) is 0 Å². The zero-order chi connectivity index (χ0) is 9.42. The SMILES string of the molecule is CC(N)c1ccc2c(Cl)[nH]nc2c1. The van der Waals surface area contributed by atoms with Crippen molar-refractivity contribution in [3.63, 3.8) is 0 Å². The Balaban J connectivity index is 2.63. The molecule has 0 amide bonds. The summed E-state index contributed by atoms with van der Waals surface area (Å²) in [5.41, 5.74) is 7.67. The number of halogens is 1. The molecule has 0 bridgehead atoms. The second-order valence-corrected chi connectivity index (χ2v) is 3.48. The summed E-state index contributed by atoms with van der Waals surface area (Å²) >= 11 is 5.86. The van der Waals surface area contributed by atoms with Gasteiger partial charge in [0.25, 0.3) is 0 Å². The zero-order valence-electron chi connectivity index (χ0n) is 7.21. The normalized spacial score (nSPS) is 13.5. The molecule has 0 spiro atoms. The summed E-state index contributed by atoms with van der Waals surface area (Å²) in [5.74, 6) is 0. The number of H-pyrrole nitrogens is 1. The number of benzene rings is 1. The molecule has 1 aromatic heterocycles. The molecule has 1 atom stereocenters. The smallest absolute Gasteiger partial charge is 0.132 e. The minimum Gasteiger partial charge on any atom is -0.324 e. The maximum atomic E-state index is 5.86. The van der Waals surface area contributed by atoms with E-state index in [0.717, 1.165) is 16.5 Å². The molecule has 1 aromatic carbocycles. The van der Waals surface area contributed by atoms with E-state index in [4.69, 9.17) is 17.3 Å². The van der Waals surface area contributed by atoms with Crippen LogP contribution in [0.5, 0.6) is 0 Å². The molecular formula is C9H10ClN3. The average Bonchev–Trinajstić information content (AvgIpc) is 2.47. The van der Waals surface area contributed by atoms with Gasteiger partial charge in [-0.15, -0.1) is 0 Å². The number of nitrogens with two attached hydrogens (primary N) is 1. The Morgan fingerprint density at radius 1 is 1.54 bits per heavy atom. The van der Waals surface area contributed by atoms with Crippen molar-refractivity contribution in [3.05, 3.63) is 28.9 Å². The number of nitrogens with zero attached hydrogens (tertiary/aromatic N) is 1. The van der Waals surface area contributed by atoms with Gasteiger partial charge in [0.2, 0.25) is 0 Å². The van der Waals surface area contributed by atoms with Crippen molar-refractivity contribution in [2.24, 2.45) is 5.73 Å². The summed E-state index contributed by atoms with van der Waals surface area (Å²) in [5, 5.41) is 8.28. The molecule has 4 heteroatoms. The lowest BCUT2D eigenvalue weighted by molar-refractivity contribution is 0.819. The minimum absolute atomic E-state index is 0.0277. The highest BCUT2D eigenvalue weighted by Crippen LogP contribution is 2.22. The molecule has 0 aliphatic carbocycles. The van der Waals surface area contributed by atoms with Gasteiger partial charge >= 0.3 is 0 Å². The molecular weight excluding hydrogens is 186 g/mol. The van der Waals surface area contributed by atoms with Gasteiger partial charge in [0.05, 0.1) is 5.52 Å². The van der Waals surface area contributed by atoms with Gasteiger partial charge in [-0.2, -0.15) is 5.10 Å². The van der Waals surface area contributed by atoms with Crippen molar-refractivity contribution in [2.45, 2.75) is 13.0 Å². The third-order valence-corrected chi connectivity index (χ3v) is 2.35. The van der Waals surface area contributed by atoms with Crippen LogP contribution in [0, 0.1) is 0 Å². The quantitative estimate of drug-likeness (QED) is 0.733. The third-order valence-electron chi connectivity index (χ3n) is 2.06. The molecule has 0 saturated heterocycles. The Morgan fingerprint density at radius 2 is 2.31 bits per heavy atom. The summed E-state index contributed by atoms with van der Waals surface area (Å²) in [7, 11) is 0. The van der Waals surface area contributed by atoms with Crippen LogP contribution in [0.25, 0.3) is 10.9 Å². The van der Waals surface area contributed by atoms with Crippen molar-refractivity contribution in [3.8, 4) is 0 Å². The van der Waals surface area contributed by atoms with Crippen LogP contribution in [0.3, 0.4) is 0 Å². The van der Waals surface area contributed by atoms with Crippen LogP contribution in [0.2, 0.25) is 5.15 Å². The Hall–Kier alpha value is -1.06. The summed E-state index contributed by atoms with van der Waals surface area (Å²) in [4.78, 5) is 0. The van der Waals surface area contributed by atoms with Crippen molar-refractivity contribution in [1.82, 2.24) is 10.2 Å².